The van der Waals surface area contributed by atoms with Crippen LogP contribution in [-0.2, 0) is 14.2 Å². The van der Waals surface area contributed by atoms with Gasteiger partial charge >= 0.3 is 0 Å². The smallest absolute Gasteiger partial charge is 0.287 e. The van der Waals surface area contributed by atoms with Crippen LogP contribution in [0.4, 0.5) is 0 Å². The summed E-state index contributed by atoms with van der Waals surface area (Å²) in [6, 6.07) is 2.48. The SMILES string of the molecule is CCCCCCCC(C#N)C(CC)C(OCC)(OCC)OCC. The molecule has 0 fully saturated rings. The van der Waals surface area contributed by atoms with E-state index in [0.717, 1.165) is 19.3 Å². The van der Waals surface area contributed by atoms with Crippen molar-refractivity contribution in [2.75, 3.05) is 19.8 Å². The van der Waals surface area contributed by atoms with Crippen molar-refractivity contribution in [1.29, 1.82) is 5.26 Å². The average Bonchev–Trinajstić information content (AvgIpc) is 2.54. The van der Waals surface area contributed by atoms with Gasteiger partial charge in [0.2, 0.25) is 0 Å². The molecule has 2 atom stereocenters. The maximum atomic E-state index is 9.68. The number of unbranched alkanes of at least 4 members (excludes halogenated alkanes) is 4. The lowest BCUT2D eigenvalue weighted by molar-refractivity contribution is -0.406. The summed E-state index contributed by atoms with van der Waals surface area (Å²) in [5.74, 6) is -1.26. The first-order chi connectivity index (χ1) is 11.2. The molecule has 0 N–H and O–H groups in total. The summed E-state index contributed by atoms with van der Waals surface area (Å²) < 4.78 is 17.7. The number of nitrogens with zero attached hydrogens (tertiary/aromatic N) is 1. The summed E-state index contributed by atoms with van der Waals surface area (Å²) in [7, 11) is 0. The maximum absolute atomic E-state index is 9.68. The van der Waals surface area contributed by atoms with Gasteiger partial charge in [-0.1, -0.05) is 46.0 Å². The predicted molar refractivity (Wildman–Crippen MR) is 93.9 cm³/mol. The third kappa shape index (κ3) is 7.65. The van der Waals surface area contributed by atoms with Crippen molar-refractivity contribution < 1.29 is 14.2 Å². The van der Waals surface area contributed by atoms with E-state index in [2.05, 4.69) is 19.9 Å². The number of hydrogen-bond donors (Lipinski definition) is 0. The number of ether oxygens (including phenoxy) is 3. The second-order valence-electron chi connectivity index (χ2n) is 5.86. The first-order valence-corrected chi connectivity index (χ1v) is 9.46. The lowest BCUT2D eigenvalue weighted by Gasteiger charge is -2.40. The summed E-state index contributed by atoms with van der Waals surface area (Å²) >= 11 is 0. The van der Waals surface area contributed by atoms with Gasteiger partial charge in [0.25, 0.3) is 5.97 Å². The quantitative estimate of drug-likeness (QED) is 0.303. The van der Waals surface area contributed by atoms with Gasteiger partial charge in [-0.05, 0) is 33.6 Å². The van der Waals surface area contributed by atoms with Crippen LogP contribution < -0.4 is 0 Å². The zero-order valence-electron chi connectivity index (χ0n) is 15.9. The highest BCUT2D eigenvalue weighted by Crippen LogP contribution is 2.36. The van der Waals surface area contributed by atoms with Gasteiger partial charge in [-0.2, -0.15) is 5.26 Å². The van der Waals surface area contributed by atoms with Crippen LogP contribution >= 0.6 is 0 Å². The van der Waals surface area contributed by atoms with Crippen molar-refractivity contribution in [1.82, 2.24) is 0 Å². The highest BCUT2D eigenvalue weighted by atomic mass is 16.9. The van der Waals surface area contributed by atoms with E-state index in [1.807, 2.05) is 20.8 Å². The minimum absolute atomic E-state index is 0.0708. The van der Waals surface area contributed by atoms with E-state index in [-0.39, 0.29) is 11.8 Å². The Kier molecular flexibility index (Phi) is 13.4. The van der Waals surface area contributed by atoms with Crippen LogP contribution in [0.1, 0.15) is 79.6 Å². The molecule has 0 radical (unpaired) electrons. The molecule has 2 unspecified atom stereocenters. The average molecular weight is 328 g/mol. The van der Waals surface area contributed by atoms with Crippen LogP contribution in [0.25, 0.3) is 0 Å². The van der Waals surface area contributed by atoms with Gasteiger partial charge in [-0.25, -0.2) is 0 Å². The van der Waals surface area contributed by atoms with Crippen molar-refractivity contribution in [3.05, 3.63) is 0 Å². The number of hydrogen-bond acceptors (Lipinski definition) is 4. The fraction of sp³-hybridized carbons (Fsp3) is 0.947. The minimum Gasteiger partial charge on any atom is -0.327 e. The first kappa shape index (κ1) is 22.4. The number of rotatable bonds is 15. The van der Waals surface area contributed by atoms with Gasteiger partial charge in [0.1, 0.15) is 0 Å². The molecule has 0 aromatic heterocycles. The molecule has 23 heavy (non-hydrogen) atoms. The topological polar surface area (TPSA) is 51.5 Å². The molecule has 0 heterocycles. The Bertz CT molecular complexity index is 297. The lowest BCUT2D eigenvalue weighted by atomic mass is 9.84. The molecule has 0 amide bonds. The molecular formula is C19H37NO3. The van der Waals surface area contributed by atoms with E-state index in [9.17, 15) is 5.26 Å². The van der Waals surface area contributed by atoms with Gasteiger partial charge in [0, 0.05) is 19.8 Å². The predicted octanol–water partition coefficient (Wildman–Crippen LogP) is 5.28. The van der Waals surface area contributed by atoms with Crippen LogP contribution in [0.15, 0.2) is 0 Å². The molecule has 0 aromatic rings. The number of nitriles is 1. The Morgan fingerprint density at radius 1 is 0.826 bits per heavy atom. The van der Waals surface area contributed by atoms with Crippen molar-refractivity contribution >= 4 is 0 Å². The second-order valence-corrected chi connectivity index (χ2v) is 5.86. The summed E-state index contributed by atoms with van der Waals surface area (Å²) in [6.07, 6.45) is 7.71. The second kappa shape index (κ2) is 13.8. The van der Waals surface area contributed by atoms with E-state index in [4.69, 9.17) is 14.2 Å². The molecule has 0 aliphatic carbocycles. The maximum Gasteiger partial charge on any atom is 0.287 e. The van der Waals surface area contributed by atoms with Gasteiger partial charge in [0.05, 0.1) is 17.9 Å². The largest absolute Gasteiger partial charge is 0.327 e. The van der Waals surface area contributed by atoms with Crippen LogP contribution in [0.5, 0.6) is 0 Å². The van der Waals surface area contributed by atoms with Gasteiger partial charge < -0.3 is 14.2 Å². The summed E-state index contributed by atoms with van der Waals surface area (Å²) in [6.45, 7) is 11.6. The zero-order valence-corrected chi connectivity index (χ0v) is 15.9. The van der Waals surface area contributed by atoms with Crippen LogP contribution in [0.3, 0.4) is 0 Å². The summed E-state index contributed by atoms with van der Waals surface area (Å²) in [5.41, 5.74) is 0. The third-order valence-corrected chi connectivity index (χ3v) is 4.20. The van der Waals surface area contributed by atoms with Crippen molar-refractivity contribution in [2.24, 2.45) is 11.8 Å². The van der Waals surface area contributed by atoms with Crippen molar-refractivity contribution in [2.45, 2.75) is 85.5 Å². The molecule has 0 aromatic carbocycles. The lowest BCUT2D eigenvalue weighted by Crippen LogP contribution is -2.49. The van der Waals surface area contributed by atoms with Gasteiger partial charge in [0.15, 0.2) is 0 Å². The molecule has 0 aliphatic heterocycles. The van der Waals surface area contributed by atoms with E-state index in [0.29, 0.717) is 19.8 Å². The zero-order chi connectivity index (χ0) is 17.6. The Labute approximate surface area is 143 Å². The molecule has 0 saturated carbocycles. The van der Waals surface area contributed by atoms with Gasteiger partial charge in [-0.15, -0.1) is 0 Å². The van der Waals surface area contributed by atoms with E-state index < -0.39 is 5.97 Å². The normalized spacial score (nSPS) is 14.4. The molecule has 136 valence electrons. The third-order valence-electron chi connectivity index (χ3n) is 4.20. The summed E-state index contributed by atoms with van der Waals surface area (Å²) in [4.78, 5) is 0. The fourth-order valence-electron chi connectivity index (χ4n) is 3.15. The van der Waals surface area contributed by atoms with Crippen LogP contribution in [0.2, 0.25) is 0 Å². The van der Waals surface area contributed by atoms with E-state index >= 15 is 0 Å². The van der Waals surface area contributed by atoms with Crippen LogP contribution in [0, 0.1) is 23.2 Å². The Hall–Kier alpha value is -0.630. The molecule has 0 bridgehead atoms. The minimum atomic E-state index is -1.09. The molecule has 0 aliphatic rings. The highest BCUT2D eigenvalue weighted by molar-refractivity contribution is 4.92. The Balaban J connectivity index is 4.98. The molecule has 0 rings (SSSR count). The Morgan fingerprint density at radius 3 is 1.74 bits per heavy atom. The molecule has 4 nitrogen and oxygen atoms in total. The standard InChI is InChI=1S/C19H37NO3/c1-6-11-12-13-14-15-17(16-20)18(7-2)19(21-8-3,22-9-4)23-10-5/h17-18H,6-15H2,1-5H3. The Morgan fingerprint density at radius 2 is 1.35 bits per heavy atom. The van der Waals surface area contributed by atoms with Gasteiger partial charge in [-0.3, -0.25) is 0 Å². The van der Waals surface area contributed by atoms with E-state index in [1.165, 1.54) is 25.7 Å². The fourth-order valence-corrected chi connectivity index (χ4v) is 3.15. The molecule has 0 saturated heterocycles. The monoisotopic (exact) mass is 327 g/mol. The van der Waals surface area contributed by atoms with Crippen LogP contribution in [-0.4, -0.2) is 25.8 Å². The summed E-state index contributed by atoms with van der Waals surface area (Å²) in [5, 5.41) is 9.68. The van der Waals surface area contributed by atoms with E-state index in [1.54, 1.807) is 0 Å². The first-order valence-electron chi connectivity index (χ1n) is 9.46. The molecular weight excluding hydrogens is 290 g/mol. The molecule has 0 spiro atoms. The molecule has 4 heteroatoms. The van der Waals surface area contributed by atoms with Crippen molar-refractivity contribution in [3.8, 4) is 6.07 Å². The van der Waals surface area contributed by atoms with Crippen molar-refractivity contribution in [3.63, 3.8) is 0 Å². The highest BCUT2D eigenvalue weighted by Gasteiger charge is 2.45.